The quantitative estimate of drug-likeness (QED) is 0.791. The van der Waals surface area contributed by atoms with Crippen LogP contribution in [0.1, 0.15) is 30.1 Å². The van der Waals surface area contributed by atoms with Gasteiger partial charge in [-0.25, -0.2) is 4.98 Å². The number of aromatic nitrogens is 1. The molecule has 1 aromatic heterocycles. The van der Waals surface area contributed by atoms with Crippen molar-refractivity contribution in [2.24, 2.45) is 0 Å². The molecule has 1 aliphatic heterocycles. The van der Waals surface area contributed by atoms with E-state index < -0.39 is 0 Å². The molecule has 2 heterocycles. The number of amides is 1. The van der Waals surface area contributed by atoms with E-state index >= 15 is 0 Å². The summed E-state index contributed by atoms with van der Waals surface area (Å²) >= 11 is 5.80. The van der Waals surface area contributed by atoms with E-state index in [9.17, 15) is 4.79 Å². The zero-order chi connectivity index (χ0) is 13.0. The van der Waals surface area contributed by atoms with Gasteiger partial charge in [-0.3, -0.25) is 4.79 Å². The molecule has 0 aromatic carbocycles. The molecule has 0 radical (unpaired) electrons. The Labute approximate surface area is 112 Å². The highest BCUT2D eigenvalue weighted by Gasteiger charge is 2.24. The van der Waals surface area contributed by atoms with Crippen LogP contribution in [-0.4, -0.2) is 41.6 Å². The van der Waals surface area contributed by atoms with E-state index in [2.05, 4.69) is 4.98 Å². The van der Waals surface area contributed by atoms with E-state index in [0.717, 1.165) is 19.4 Å². The van der Waals surface area contributed by atoms with Crippen LogP contribution in [0.25, 0.3) is 0 Å². The Bertz CT molecular complexity index is 423. The van der Waals surface area contributed by atoms with Gasteiger partial charge in [0.05, 0.1) is 6.10 Å². The van der Waals surface area contributed by atoms with Crippen LogP contribution in [0.2, 0.25) is 5.15 Å². The van der Waals surface area contributed by atoms with Crippen LogP contribution >= 0.6 is 11.6 Å². The molecule has 1 fully saturated rings. The first-order valence-corrected chi connectivity index (χ1v) is 6.61. The number of hydrogen-bond donors (Lipinski definition) is 0. The average molecular weight is 269 g/mol. The molecule has 1 saturated heterocycles. The normalized spacial score (nSPS) is 19.9. The third kappa shape index (κ3) is 3.21. The van der Waals surface area contributed by atoms with Crippen molar-refractivity contribution in [3.8, 4) is 0 Å². The van der Waals surface area contributed by atoms with Gasteiger partial charge in [0, 0.05) is 31.5 Å². The molecule has 1 amide bonds. The number of ether oxygens (including phenoxy) is 1. The molecule has 1 aromatic rings. The molecule has 98 valence electrons. The fraction of sp³-hybridized carbons (Fsp3) is 0.538. The van der Waals surface area contributed by atoms with E-state index in [4.69, 9.17) is 16.3 Å². The van der Waals surface area contributed by atoms with E-state index in [1.54, 1.807) is 18.3 Å². The summed E-state index contributed by atoms with van der Waals surface area (Å²) in [5, 5.41) is 0.346. The van der Waals surface area contributed by atoms with Crippen LogP contribution < -0.4 is 0 Å². The number of carbonyl (C=O) groups is 1. The Kier molecular flexibility index (Phi) is 4.55. The monoisotopic (exact) mass is 268 g/mol. The third-order valence-electron chi connectivity index (χ3n) is 3.04. The summed E-state index contributed by atoms with van der Waals surface area (Å²) in [7, 11) is 0. The molecule has 1 unspecified atom stereocenters. The molecular weight excluding hydrogens is 252 g/mol. The number of nitrogens with zero attached hydrogens (tertiary/aromatic N) is 2. The maximum atomic E-state index is 12.3. The van der Waals surface area contributed by atoms with Crippen LogP contribution in [0, 0.1) is 0 Å². The van der Waals surface area contributed by atoms with Crippen LogP contribution in [0.15, 0.2) is 18.3 Å². The van der Waals surface area contributed by atoms with E-state index in [1.165, 1.54) is 0 Å². The smallest absolute Gasteiger partial charge is 0.254 e. The van der Waals surface area contributed by atoms with Crippen LogP contribution in [-0.2, 0) is 4.74 Å². The second kappa shape index (κ2) is 6.16. The summed E-state index contributed by atoms with van der Waals surface area (Å²) < 4.78 is 5.59. The Morgan fingerprint density at radius 2 is 2.50 bits per heavy atom. The molecule has 0 bridgehead atoms. The second-order valence-electron chi connectivity index (χ2n) is 4.34. The van der Waals surface area contributed by atoms with E-state index in [0.29, 0.717) is 23.9 Å². The molecule has 0 saturated carbocycles. The number of piperidine rings is 1. The molecule has 5 heteroatoms. The molecule has 2 rings (SSSR count). The topological polar surface area (TPSA) is 42.4 Å². The van der Waals surface area contributed by atoms with Crippen molar-refractivity contribution in [2.75, 3.05) is 19.7 Å². The van der Waals surface area contributed by atoms with Crippen molar-refractivity contribution in [1.82, 2.24) is 9.88 Å². The van der Waals surface area contributed by atoms with Gasteiger partial charge < -0.3 is 9.64 Å². The van der Waals surface area contributed by atoms with E-state index in [-0.39, 0.29) is 12.0 Å². The Morgan fingerprint density at radius 3 is 3.22 bits per heavy atom. The second-order valence-corrected chi connectivity index (χ2v) is 4.73. The Balaban J connectivity index is 2.04. The van der Waals surface area contributed by atoms with Crippen molar-refractivity contribution in [3.05, 3.63) is 29.0 Å². The van der Waals surface area contributed by atoms with Crippen molar-refractivity contribution in [1.29, 1.82) is 0 Å². The first kappa shape index (κ1) is 13.3. The minimum Gasteiger partial charge on any atom is -0.377 e. The highest BCUT2D eigenvalue weighted by atomic mass is 35.5. The number of pyridine rings is 1. The minimum atomic E-state index is 0.00343. The predicted octanol–water partition coefficient (Wildman–Crippen LogP) is 2.38. The summed E-state index contributed by atoms with van der Waals surface area (Å²) in [5.41, 5.74) is 0.590. The number of carbonyl (C=O) groups excluding carboxylic acids is 1. The maximum absolute atomic E-state index is 12.3. The molecule has 0 N–H and O–H groups in total. The zero-order valence-electron chi connectivity index (χ0n) is 10.4. The van der Waals surface area contributed by atoms with Gasteiger partial charge in [-0.1, -0.05) is 11.6 Å². The summed E-state index contributed by atoms with van der Waals surface area (Å²) in [5.74, 6) is 0.00343. The van der Waals surface area contributed by atoms with Crippen molar-refractivity contribution >= 4 is 17.5 Å². The summed E-state index contributed by atoms with van der Waals surface area (Å²) in [6, 6.07) is 3.30. The molecule has 0 aliphatic carbocycles. The maximum Gasteiger partial charge on any atom is 0.254 e. The van der Waals surface area contributed by atoms with Crippen LogP contribution in [0.5, 0.6) is 0 Å². The van der Waals surface area contributed by atoms with Crippen LogP contribution in [0.4, 0.5) is 0 Å². The highest BCUT2D eigenvalue weighted by molar-refractivity contribution is 6.29. The number of rotatable bonds is 3. The molecule has 0 spiro atoms. The standard InChI is InChI=1S/C13H17ClN2O2/c1-2-18-11-4-3-7-16(9-11)13(17)10-5-6-15-12(14)8-10/h5-6,8,11H,2-4,7,9H2,1H3. The largest absolute Gasteiger partial charge is 0.377 e. The SMILES string of the molecule is CCOC1CCCN(C(=O)c2ccnc(Cl)c2)C1. The van der Waals surface area contributed by atoms with Gasteiger partial charge in [-0.2, -0.15) is 0 Å². The van der Waals surface area contributed by atoms with Crippen molar-refractivity contribution < 1.29 is 9.53 Å². The van der Waals surface area contributed by atoms with Crippen molar-refractivity contribution in [3.63, 3.8) is 0 Å². The van der Waals surface area contributed by atoms with Crippen molar-refractivity contribution in [2.45, 2.75) is 25.9 Å². The lowest BCUT2D eigenvalue weighted by molar-refractivity contribution is 0.00724. The molecule has 1 atom stereocenters. The fourth-order valence-electron chi connectivity index (χ4n) is 2.21. The number of halogens is 1. The molecule has 18 heavy (non-hydrogen) atoms. The first-order chi connectivity index (χ1) is 8.70. The minimum absolute atomic E-state index is 0.00343. The lowest BCUT2D eigenvalue weighted by Crippen LogP contribution is -2.43. The van der Waals surface area contributed by atoms with Gasteiger partial charge in [0.25, 0.3) is 5.91 Å². The first-order valence-electron chi connectivity index (χ1n) is 6.23. The Morgan fingerprint density at radius 1 is 1.67 bits per heavy atom. The lowest BCUT2D eigenvalue weighted by atomic mass is 10.1. The zero-order valence-corrected chi connectivity index (χ0v) is 11.2. The fourth-order valence-corrected chi connectivity index (χ4v) is 2.39. The lowest BCUT2D eigenvalue weighted by Gasteiger charge is -2.32. The summed E-state index contributed by atoms with van der Waals surface area (Å²) in [4.78, 5) is 18.0. The average Bonchev–Trinajstić information content (AvgIpc) is 2.39. The van der Waals surface area contributed by atoms with Gasteiger partial charge in [0.15, 0.2) is 0 Å². The van der Waals surface area contributed by atoms with Gasteiger partial charge in [-0.15, -0.1) is 0 Å². The number of likely N-dealkylation sites (tertiary alicyclic amines) is 1. The van der Waals surface area contributed by atoms with Gasteiger partial charge in [-0.05, 0) is 31.9 Å². The predicted molar refractivity (Wildman–Crippen MR) is 69.8 cm³/mol. The number of hydrogen-bond acceptors (Lipinski definition) is 3. The molecule has 4 nitrogen and oxygen atoms in total. The molecule has 1 aliphatic rings. The molecular formula is C13H17ClN2O2. The third-order valence-corrected chi connectivity index (χ3v) is 3.25. The summed E-state index contributed by atoms with van der Waals surface area (Å²) in [6.45, 7) is 4.10. The van der Waals surface area contributed by atoms with Gasteiger partial charge >= 0.3 is 0 Å². The van der Waals surface area contributed by atoms with Gasteiger partial charge in [0.2, 0.25) is 0 Å². The highest BCUT2D eigenvalue weighted by Crippen LogP contribution is 2.17. The van der Waals surface area contributed by atoms with Gasteiger partial charge in [0.1, 0.15) is 5.15 Å². The Hall–Kier alpha value is -1.13. The summed E-state index contributed by atoms with van der Waals surface area (Å²) in [6.07, 6.45) is 3.72. The van der Waals surface area contributed by atoms with E-state index in [1.807, 2.05) is 11.8 Å². The van der Waals surface area contributed by atoms with Crippen LogP contribution in [0.3, 0.4) is 0 Å².